The summed E-state index contributed by atoms with van der Waals surface area (Å²) in [6.45, 7) is 5.58. The monoisotopic (exact) mass is 408 g/mol. The predicted octanol–water partition coefficient (Wildman–Crippen LogP) is 3.40. The van der Waals surface area contributed by atoms with Gasteiger partial charge in [0.1, 0.15) is 0 Å². The van der Waals surface area contributed by atoms with Gasteiger partial charge in [-0.25, -0.2) is 0 Å². The van der Waals surface area contributed by atoms with Gasteiger partial charge in [-0.05, 0) is 54.6 Å². The molecule has 1 aromatic carbocycles. The molecule has 1 saturated heterocycles. The van der Waals surface area contributed by atoms with Crippen molar-refractivity contribution in [1.82, 2.24) is 15.1 Å². The van der Waals surface area contributed by atoms with E-state index >= 15 is 0 Å². The first kappa shape index (κ1) is 19.4. The van der Waals surface area contributed by atoms with Crippen LogP contribution in [0.3, 0.4) is 0 Å². The molecule has 1 unspecified atom stereocenters. The Morgan fingerprint density at radius 3 is 2.86 bits per heavy atom. The van der Waals surface area contributed by atoms with Gasteiger partial charge in [-0.3, -0.25) is 14.3 Å². The fourth-order valence-corrected chi connectivity index (χ4v) is 4.16. The van der Waals surface area contributed by atoms with E-state index in [0.29, 0.717) is 19.6 Å². The first-order chi connectivity index (χ1) is 14.0. The van der Waals surface area contributed by atoms with Crippen molar-refractivity contribution in [3.8, 4) is 11.3 Å². The molecule has 3 aromatic rings. The number of aryl methyl sites for hydroxylation is 2. The zero-order valence-electron chi connectivity index (χ0n) is 16.6. The molecule has 0 aliphatic carbocycles. The number of nitrogens with one attached hydrogen (secondary N) is 1. The Hall–Kier alpha value is -2.93. The van der Waals surface area contributed by atoms with Crippen LogP contribution in [0, 0.1) is 19.8 Å². The summed E-state index contributed by atoms with van der Waals surface area (Å²) in [7, 11) is 0. The topological polar surface area (TPSA) is 67.2 Å². The third kappa shape index (κ3) is 4.24. The summed E-state index contributed by atoms with van der Waals surface area (Å²) in [6, 6.07) is 9.98. The van der Waals surface area contributed by atoms with Crippen molar-refractivity contribution < 1.29 is 9.59 Å². The lowest BCUT2D eigenvalue weighted by atomic mass is 10.1. The SMILES string of the molecule is Cc1ccc(N2CC(C(=O)NCCn3ccc(-c4ccsc4)n3)CC2=O)cc1C. The fourth-order valence-electron chi connectivity index (χ4n) is 3.51. The molecule has 150 valence electrons. The molecule has 2 amide bonds. The van der Waals surface area contributed by atoms with Crippen molar-refractivity contribution in [1.29, 1.82) is 0 Å². The van der Waals surface area contributed by atoms with Gasteiger partial charge in [0.15, 0.2) is 0 Å². The van der Waals surface area contributed by atoms with Crippen LogP contribution in [-0.2, 0) is 16.1 Å². The molecule has 4 rings (SSSR count). The quantitative estimate of drug-likeness (QED) is 0.680. The van der Waals surface area contributed by atoms with Crippen molar-refractivity contribution in [2.24, 2.45) is 5.92 Å². The van der Waals surface area contributed by atoms with E-state index in [1.807, 2.05) is 60.4 Å². The predicted molar refractivity (Wildman–Crippen MR) is 115 cm³/mol. The number of hydrogen-bond donors (Lipinski definition) is 1. The number of nitrogens with zero attached hydrogens (tertiary/aromatic N) is 3. The summed E-state index contributed by atoms with van der Waals surface area (Å²) >= 11 is 1.64. The highest BCUT2D eigenvalue weighted by Crippen LogP contribution is 2.27. The maximum absolute atomic E-state index is 12.6. The second kappa shape index (κ2) is 8.21. The normalized spacial score (nSPS) is 16.4. The standard InChI is InChI=1S/C22H24N4O2S/c1-15-3-4-19(11-16(15)2)26-13-18(12-21(26)27)22(28)23-7-9-25-8-5-20(24-25)17-6-10-29-14-17/h3-6,8,10-11,14,18H,7,9,12-13H2,1-2H3,(H,23,28). The number of carbonyl (C=O) groups is 2. The lowest BCUT2D eigenvalue weighted by molar-refractivity contribution is -0.126. The smallest absolute Gasteiger partial charge is 0.227 e. The van der Waals surface area contributed by atoms with Crippen LogP contribution in [0.4, 0.5) is 5.69 Å². The minimum absolute atomic E-state index is 0.000819. The summed E-state index contributed by atoms with van der Waals surface area (Å²) in [6.07, 6.45) is 2.17. The molecule has 7 heteroatoms. The average molecular weight is 409 g/mol. The second-order valence-electron chi connectivity index (χ2n) is 7.44. The van der Waals surface area contributed by atoms with Crippen LogP contribution >= 0.6 is 11.3 Å². The fraction of sp³-hybridized carbons (Fsp3) is 0.318. The molecule has 1 N–H and O–H groups in total. The van der Waals surface area contributed by atoms with Gasteiger partial charge < -0.3 is 10.2 Å². The van der Waals surface area contributed by atoms with Crippen LogP contribution in [0.1, 0.15) is 17.5 Å². The van der Waals surface area contributed by atoms with Gasteiger partial charge in [0, 0.05) is 42.3 Å². The summed E-state index contributed by atoms with van der Waals surface area (Å²) in [5.41, 5.74) is 5.24. The van der Waals surface area contributed by atoms with Crippen LogP contribution in [-0.4, -0.2) is 34.7 Å². The van der Waals surface area contributed by atoms with Gasteiger partial charge in [0.05, 0.1) is 18.2 Å². The zero-order chi connectivity index (χ0) is 20.4. The summed E-state index contributed by atoms with van der Waals surface area (Å²) in [4.78, 5) is 26.7. The Balaban J connectivity index is 1.30. The van der Waals surface area contributed by atoms with Crippen molar-refractivity contribution in [2.45, 2.75) is 26.8 Å². The number of amides is 2. The molecule has 1 aliphatic rings. The first-order valence-electron chi connectivity index (χ1n) is 9.72. The zero-order valence-corrected chi connectivity index (χ0v) is 17.4. The van der Waals surface area contributed by atoms with Crippen LogP contribution in [0.15, 0.2) is 47.3 Å². The molecule has 0 saturated carbocycles. The van der Waals surface area contributed by atoms with Gasteiger partial charge >= 0.3 is 0 Å². The third-order valence-electron chi connectivity index (χ3n) is 5.40. The lowest BCUT2D eigenvalue weighted by Crippen LogP contribution is -2.34. The molecule has 0 bridgehead atoms. The van der Waals surface area contributed by atoms with Gasteiger partial charge in [-0.2, -0.15) is 16.4 Å². The van der Waals surface area contributed by atoms with Gasteiger partial charge in [0.2, 0.25) is 11.8 Å². The van der Waals surface area contributed by atoms with Crippen LogP contribution in [0.2, 0.25) is 0 Å². The van der Waals surface area contributed by atoms with E-state index in [-0.39, 0.29) is 24.2 Å². The highest BCUT2D eigenvalue weighted by Gasteiger charge is 2.35. The van der Waals surface area contributed by atoms with Crippen LogP contribution < -0.4 is 10.2 Å². The molecule has 29 heavy (non-hydrogen) atoms. The van der Waals surface area contributed by atoms with Gasteiger partial charge in [0.25, 0.3) is 0 Å². The Morgan fingerprint density at radius 1 is 1.24 bits per heavy atom. The van der Waals surface area contributed by atoms with E-state index in [1.165, 1.54) is 5.56 Å². The molecule has 3 heterocycles. The molecule has 1 aliphatic heterocycles. The van der Waals surface area contributed by atoms with Crippen molar-refractivity contribution >= 4 is 28.8 Å². The largest absolute Gasteiger partial charge is 0.354 e. The number of hydrogen-bond acceptors (Lipinski definition) is 4. The van der Waals surface area contributed by atoms with Crippen molar-refractivity contribution in [2.75, 3.05) is 18.0 Å². The van der Waals surface area contributed by atoms with E-state index in [2.05, 4.69) is 15.8 Å². The maximum atomic E-state index is 12.6. The Kier molecular flexibility index (Phi) is 5.49. The van der Waals surface area contributed by atoms with E-state index in [1.54, 1.807) is 16.2 Å². The number of thiophene rings is 1. The second-order valence-corrected chi connectivity index (χ2v) is 8.22. The Bertz CT molecular complexity index is 1030. The van der Waals surface area contributed by atoms with E-state index in [0.717, 1.165) is 22.5 Å². The number of carbonyl (C=O) groups excluding carboxylic acids is 2. The summed E-state index contributed by atoms with van der Waals surface area (Å²) < 4.78 is 1.83. The Labute approximate surface area is 174 Å². The molecule has 1 atom stereocenters. The third-order valence-corrected chi connectivity index (χ3v) is 6.08. The number of benzene rings is 1. The minimum Gasteiger partial charge on any atom is -0.354 e. The molecular formula is C22H24N4O2S. The van der Waals surface area contributed by atoms with E-state index < -0.39 is 0 Å². The van der Waals surface area contributed by atoms with Crippen molar-refractivity contribution in [3.05, 3.63) is 58.4 Å². The lowest BCUT2D eigenvalue weighted by Gasteiger charge is -2.18. The molecule has 0 spiro atoms. The summed E-state index contributed by atoms with van der Waals surface area (Å²) in [5, 5.41) is 11.6. The highest BCUT2D eigenvalue weighted by atomic mass is 32.1. The average Bonchev–Trinajstić information content (AvgIpc) is 3.44. The van der Waals surface area contributed by atoms with Gasteiger partial charge in [-0.1, -0.05) is 6.07 Å². The number of anilines is 1. The first-order valence-corrected chi connectivity index (χ1v) is 10.7. The molecule has 2 aromatic heterocycles. The van der Waals surface area contributed by atoms with Crippen LogP contribution in [0.25, 0.3) is 11.3 Å². The minimum atomic E-state index is -0.317. The summed E-state index contributed by atoms with van der Waals surface area (Å²) in [5.74, 6) is -0.390. The van der Waals surface area contributed by atoms with Crippen LogP contribution in [0.5, 0.6) is 0 Å². The molecular weight excluding hydrogens is 384 g/mol. The maximum Gasteiger partial charge on any atom is 0.227 e. The number of aromatic nitrogens is 2. The van der Waals surface area contributed by atoms with E-state index in [9.17, 15) is 9.59 Å². The van der Waals surface area contributed by atoms with E-state index in [4.69, 9.17) is 0 Å². The molecule has 1 fully saturated rings. The Morgan fingerprint density at radius 2 is 2.10 bits per heavy atom. The number of rotatable bonds is 6. The molecule has 6 nitrogen and oxygen atoms in total. The molecule has 0 radical (unpaired) electrons. The van der Waals surface area contributed by atoms with Crippen molar-refractivity contribution in [3.63, 3.8) is 0 Å². The highest BCUT2D eigenvalue weighted by molar-refractivity contribution is 7.08. The van der Waals surface area contributed by atoms with Gasteiger partial charge in [-0.15, -0.1) is 0 Å².